The Morgan fingerprint density at radius 1 is 0.882 bits per heavy atom. The van der Waals surface area contributed by atoms with E-state index < -0.39 is 0 Å². The van der Waals surface area contributed by atoms with Crippen LogP contribution >= 0.6 is 35.0 Å². The normalized spacial score (nSPS) is 10.9. The second-order valence-electron chi connectivity index (χ2n) is 7.75. The third-order valence-electron chi connectivity index (χ3n) is 5.16. The smallest absolute Gasteiger partial charge is 0.220 e. The number of halogens is 2. The molecule has 0 aliphatic heterocycles. The maximum atomic E-state index is 12.3. The van der Waals surface area contributed by atoms with E-state index in [-0.39, 0.29) is 5.91 Å². The molecule has 4 aromatic rings. The van der Waals surface area contributed by atoms with Crippen molar-refractivity contribution in [2.45, 2.75) is 36.7 Å². The molecule has 5 nitrogen and oxygen atoms in total. The second-order valence-corrected chi connectivity index (χ2v) is 9.56. The van der Waals surface area contributed by atoms with E-state index in [1.54, 1.807) is 11.8 Å². The zero-order valence-corrected chi connectivity index (χ0v) is 20.8. The van der Waals surface area contributed by atoms with Crippen LogP contribution in [0.1, 0.15) is 29.8 Å². The van der Waals surface area contributed by atoms with Crippen LogP contribution in [-0.4, -0.2) is 20.7 Å². The van der Waals surface area contributed by atoms with Gasteiger partial charge in [0.1, 0.15) is 5.82 Å². The summed E-state index contributed by atoms with van der Waals surface area (Å²) in [7, 11) is 0. The van der Waals surface area contributed by atoms with Gasteiger partial charge >= 0.3 is 0 Å². The summed E-state index contributed by atoms with van der Waals surface area (Å²) in [5.41, 5.74) is 3.09. The molecule has 8 heteroatoms. The average Bonchev–Trinajstić information content (AvgIpc) is 3.25. The first kappa shape index (κ1) is 24.3. The third-order valence-corrected chi connectivity index (χ3v) is 6.63. The first-order valence-corrected chi connectivity index (χ1v) is 12.7. The zero-order valence-electron chi connectivity index (χ0n) is 18.5. The van der Waals surface area contributed by atoms with Gasteiger partial charge in [0.2, 0.25) is 5.91 Å². The van der Waals surface area contributed by atoms with E-state index >= 15 is 0 Å². The predicted molar refractivity (Wildman–Crippen MR) is 139 cm³/mol. The van der Waals surface area contributed by atoms with Crippen molar-refractivity contribution in [3.05, 3.63) is 106 Å². The Kier molecular flexibility index (Phi) is 8.63. The third kappa shape index (κ3) is 6.86. The summed E-state index contributed by atoms with van der Waals surface area (Å²) in [5, 5.41) is 14.0. The zero-order chi connectivity index (χ0) is 23.8. The van der Waals surface area contributed by atoms with Crippen molar-refractivity contribution in [1.82, 2.24) is 20.1 Å². The molecule has 3 aromatic carbocycles. The van der Waals surface area contributed by atoms with Gasteiger partial charge in [0.25, 0.3) is 0 Å². The van der Waals surface area contributed by atoms with Crippen LogP contribution in [0.3, 0.4) is 0 Å². The Balaban J connectivity index is 1.42. The number of benzene rings is 3. The van der Waals surface area contributed by atoms with E-state index in [9.17, 15) is 4.79 Å². The van der Waals surface area contributed by atoms with Gasteiger partial charge in [0.15, 0.2) is 5.16 Å². The standard InChI is InChI=1S/C26H24Cl2N4OS/c27-21-10-4-9-20(15-21)18-34-26-31-30-24(32(26)23-12-5-11-22(28)16-23)13-6-14-25(33)29-17-19-7-2-1-3-8-19/h1-5,7-12,15-16H,6,13-14,17-18H2,(H,29,33). The highest BCUT2D eigenvalue weighted by Crippen LogP contribution is 2.27. The lowest BCUT2D eigenvalue weighted by atomic mass is 10.2. The summed E-state index contributed by atoms with van der Waals surface area (Å²) in [5.74, 6) is 1.53. The molecule has 1 heterocycles. The number of carbonyl (C=O) groups excluding carboxylic acids is 1. The summed E-state index contributed by atoms with van der Waals surface area (Å²) in [6, 6.07) is 25.3. The molecule has 1 N–H and O–H groups in total. The van der Waals surface area contributed by atoms with E-state index in [0.717, 1.165) is 27.8 Å². The molecule has 1 aromatic heterocycles. The molecule has 0 saturated carbocycles. The number of aromatic nitrogens is 3. The summed E-state index contributed by atoms with van der Waals surface area (Å²) in [6.45, 7) is 0.530. The minimum absolute atomic E-state index is 0.0215. The van der Waals surface area contributed by atoms with E-state index in [0.29, 0.717) is 41.6 Å². The average molecular weight is 511 g/mol. The minimum atomic E-state index is 0.0215. The number of nitrogens with one attached hydrogen (secondary N) is 1. The monoisotopic (exact) mass is 510 g/mol. The number of hydrogen-bond donors (Lipinski definition) is 1. The van der Waals surface area contributed by atoms with Crippen LogP contribution in [0.4, 0.5) is 0 Å². The highest BCUT2D eigenvalue weighted by molar-refractivity contribution is 7.98. The summed E-state index contributed by atoms with van der Waals surface area (Å²) in [6.07, 6.45) is 1.70. The lowest BCUT2D eigenvalue weighted by Crippen LogP contribution is -2.22. The maximum absolute atomic E-state index is 12.3. The molecule has 0 unspecified atom stereocenters. The first-order chi connectivity index (χ1) is 16.6. The number of aryl methyl sites for hydroxylation is 1. The fourth-order valence-corrected chi connectivity index (χ4v) is 4.81. The Bertz CT molecular complexity index is 1250. The number of nitrogens with zero attached hydrogens (tertiary/aromatic N) is 3. The van der Waals surface area contributed by atoms with Crippen molar-refractivity contribution in [2.75, 3.05) is 0 Å². The first-order valence-electron chi connectivity index (χ1n) is 11.0. The Morgan fingerprint density at radius 3 is 2.38 bits per heavy atom. The van der Waals surface area contributed by atoms with Gasteiger partial charge in [-0.25, -0.2) is 0 Å². The number of thioether (sulfide) groups is 1. The molecule has 174 valence electrons. The van der Waals surface area contributed by atoms with Crippen LogP contribution < -0.4 is 5.32 Å². The molecule has 34 heavy (non-hydrogen) atoms. The highest BCUT2D eigenvalue weighted by atomic mass is 35.5. The molecule has 0 fully saturated rings. The number of amides is 1. The molecule has 0 aliphatic carbocycles. The minimum Gasteiger partial charge on any atom is -0.352 e. The second kappa shape index (κ2) is 12.1. The van der Waals surface area contributed by atoms with Gasteiger partial charge in [-0.3, -0.25) is 9.36 Å². The molecule has 0 bridgehead atoms. The van der Waals surface area contributed by atoms with Crippen LogP contribution in [0.15, 0.2) is 84.0 Å². The lowest BCUT2D eigenvalue weighted by Gasteiger charge is -2.11. The maximum Gasteiger partial charge on any atom is 0.220 e. The number of rotatable bonds is 10. The molecule has 0 aliphatic rings. The van der Waals surface area contributed by atoms with Crippen molar-refractivity contribution >= 4 is 40.9 Å². The molecule has 0 atom stereocenters. The lowest BCUT2D eigenvalue weighted by molar-refractivity contribution is -0.121. The van der Waals surface area contributed by atoms with Crippen molar-refractivity contribution in [1.29, 1.82) is 0 Å². The van der Waals surface area contributed by atoms with Gasteiger partial charge in [0.05, 0.1) is 5.69 Å². The topological polar surface area (TPSA) is 59.8 Å². The summed E-state index contributed by atoms with van der Waals surface area (Å²) in [4.78, 5) is 12.3. The Hall–Kier alpha value is -2.80. The molecule has 0 radical (unpaired) electrons. The van der Waals surface area contributed by atoms with Crippen molar-refractivity contribution in [2.24, 2.45) is 0 Å². The van der Waals surface area contributed by atoms with Crippen LogP contribution in [-0.2, 0) is 23.5 Å². The van der Waals surface area contributed by atoms with Gasteiger partial charge in [-0.1, -0.05) is 83.5 Å². The molecular weight excluding hydrogens is 487 g/mol. The van der Waals surface area contributed by atoms with Gasteiger partial charge in [0, 0.05) is 35.2 Å². The Labute approximate surface area is 213 Å². The van der Waals surface area contributed by atoms with Crippen LogP contribution in [0.25, 0.3) is 5.69 Å². The largest absolute Gasteiger partial charge is 0.352 e. The number of carbonyl (C=O) groups is 1. The van der Waals surface area contributed by atoms with E-state index in [1.807, 2.05) is 83.4 Å². The predicted octanol–water partition coefficient (Wildman–Crippen LogP) is 6.51. The van der Waals surface area contributed by atoms with E-state index in [4.69, 9.17) is 23.2 Å². The van der Waals surface area contributed by atoms with Gasteiger partial charge in [-0.15, -0.1) is 10.2 Å². The summed E-state index contributed by atoms with van der Waals surface area (Å²) < 4.78 is 2.02. The highest BCUT2D eigenvalue weighted by Gasteiger charge is 2.15. The fourth-order valence-electron chi connectivity index (χ4n) is 3.50. The van der Waals surface area contributed by atoms with Crippen molar-refractivity contribution in [3.63, 3.8) is 0 Å². The Morgan fingerprint density at radius 2 is 1.62 bits per heavy atom. The van der Waals surface area contributed by atoms with Crippen LogP contribution in [0.5, 0.6) is 0 Å². The van der Waals surface area contributed by atoms with Crippen LogP contribution in [0, 0.1) is 0 Å². The quantitative estimate of drug-likeness (QED) is 0.247. The molecule has 0 saturated heterocycles. The van der Waals surface area contributed by atoms with Gasteiger partial charge < -0.3 is 5.32 Å². The molecule has 4 rings (SSSR count). The van der Waals surface area contributed by atoms with Crippen LogP contribution in [0.2, 0.25) is 10.0 Å². The summed E-state index contributed by atoms with van der Waals surface area (Å²) >= 11 is 14.0. The molecule has 1 amide bonds. The van der Waals surface area contributed by atoms with Gasteiger partial charge in [-0.2, -0.15) is 0 Å². The van der Waals surface area contributed by atoms with E-state index in [1.165, 1.54) is 0 Å². The van der Waals surface area contributed by atoms with E-state index in [2.05, 4.69) is 15.5 Å². The van der Waals surface area contributed by atoms with Gasteiger partial charge in [-0.05, 0) is 47.9 Å². The van der Waals surface area contributed by atoms with Crippen molar-refractivity contribution in [3.8, 4) is 5.69 Å². The fraction of sp³-hybridized carbons (Fsp3) is 0.192. The SMILES string of the molecule is O=C(CCCc1nnc(SCc2cccc(Cl)c2)n1-c1cccc(Cl)c1)NCc1ccccc1. The molecule has 0 spiro atoms. The van der Waals surface area contributed by atoms with Crippen molar-refractivity contribution < 1.29 is 4.79 Å². The molecular formula is C26H24Cl2N4OS. The number of hydrogen-bond acceptors (Lipinski definition) is 4.